The van der Waals surface area contributed by atoms with E-state index in [0.717, 1.165) is 30.8 Å². The van der Waals surface area contributed by atoms with Gasteiger partial charge >= 0.3 is 0 Å². The lowest BCUT2D eigenvalue weighted by Crippen LogP contribution is -2.29. The van der Waals surface area contributed by atoms with Crippen molar-refractivity contribution < 1.29 is 4.79 Å². The van der Waals surface area contributed by atoms with Crippen molar-refractivity contribution in [3.05, 3.63) is 29.8 Å². The van der Waals surface area contributed by atoms with E-state index in [1.807, 2.05) is 0 Å². The summed E-state index contributed by atoms with van der Waals surface area (Å²) in [7, 11) is 0. The van der Waals surface area contributed by atoms with E-state index in [-0.39, 0.29) is 0 Å². The van der Waals surface area contributed by atoms with Crippen LogP contribution in [0.4, 0.5) is 5.69 Å². The summed E-state index contributed by atoms with van der Waals surface area (Å²) in [6.07, 6.45) is 7.14. The van der Waals surface area contributed by atoms with Gasteiger partial charge in [0.25, 0.3) is 0 Å². The number of ketones is 1. The van der Waals surface area contributed by atoms with Crippen molar-refractivity contribution >= 4 is 17.2 Å². The van der Waals surface area contributed by atoms with Crippen LogP contribution in [-0.2, 0) is 11.3 Å². The van der Waals surface area contributed by atoms with E-state index in [2.05, 4.69) is 39.7 Å². The highest BCUT2D eigenvalue weighted by atomic mass is 16.1. The lowest BCUT2D eigenvalue weighted by Gasteiger charge is -2.26. The van der Waals surface area contributed by atoms with Crippen LogP contribution in [0.3, 0.4) is 0 Å². The van der Waals surface area contributed by atoms with Gasteiger partial charge in [-0.25, -0.2) is 0 Å². The Morgan fingerprint density at radius 1 is 1.00 bits per heavy atom. The van der Waals surface area contributed by atoms with Crippen LogP contribution in [0.2, 0.25) is 0 Å². The van der Waals surface area contributed by atoms with Crippen LogP contribution in [0.5, 0.6) is 0 Å². The molecule has 1 N–H and O–H groups in total. The molecular weight excluding hydrogens is 274 g/mol. The molecule has 1 saturated heterocycles. The Hall–Kier alpha value is -1.68. The molecule has 4 heteroatoms. The number of hydrogen-bond acceptors (Lipinski definition) is 4. The van der Waals surface area contributed by atoms with Crippen LogP contribution >= 0.6 is 0 Å². The number of benzene rings is 1. The van der Waals surface area contributed by atoms with Crippen molar-refractivity contribution in [2.45, 2.75) is 51.5 Å². The van der Waals surface area contributed by atoms with Crippen LogP contribution in [-0.4, -0.2) is 29.5 Å². The molecule has 4 nitrogen and oxygen atoms in total. The van der Waals surface area contributed by atoms with Gasteiger partial charge in [0, 0.05) is 25.1 Å². The number of hydrazone groups is 1. The fourth-order valence-electron chi connectivity index (χ4n) is 3.19. The lowest BCUT2D eigenvalue weighted by atomic mass is 9.97. The molecule has 0 aromatic heterocycles. The summed E-state index contributed by atoms with van der Waals surface area (Å²) < 4.78 is 0. The quantitative estimate of drug-likeness (QED) is 0.864. The van der Waals surface area contributed by atoms with Crippen LogP contribution in [0, 0.1) is 0 Å². The maximum atomic E-state index is 11.4. The van der Waals surface area contributed by atoms with Gasteiger partial charge in [-0.3, -0.25) is 15.1 Å². The zero-order valence-electron chi connectivity index (χ0n) is 13.2. The Labute approximate surface area is 132 Å². The van der Waals surface area contributed by atoms with Crippen molar-refractivity contribution in [2.75, 3.05) is 18.5 Å². The number of hydrogen-bond donors (Lipinski definition) is 1. The number of anilines is 1. The number of carbonyl (C=O) groups excluding carboxylic acids is 1. The minimum Gasteiger partial charge on any atom is -0.299 e. The van der Waals surface area contributed by atoms with Crippen molar-refractivity contribution in [1.29, 1.82) is 0 Å². The highest BCUT2D eigenvalue weighted by molar-refractivity contribution is 6.04. The first kappa shape index (κ1) is 15.2. The lowest BCUT2D eigenvalue weighted by molar-refractivity contribution is -0.118. The third-order valence-electron chi connectivity index (χ3n) is 4.47. The Balaban J connectivity index is 1.52. The van der Waals surface area contributed by atoms with Crippen molar-refractivity contribution in [2.24, 2.45) is 5.10 Å². The number of Topliss-reactive ketones (excluding diaryl/α,β-unsaturated/α-hetero) is 1. The predicted octanol–water partition coefficient (Wildman–Crippen LogP) is 3.58. The number of nitrogens with zero attached hydrogens (tertiary/aromatic N) is 2. The minimum atomic E-state index is 0.309. The molecule has 22 heavy (non-hydrogen) atoms. The summed E-state index contributed by atoms with van der Waals surface area (Å²) in [6.45, 7) is 3.49. The Bertz CT molecular complexity index is 530. The van der Waals surface area contributed by atoms with Crippen molar-refractivity contribution in [1.82, 2.24) is 4.90 Å². The van der Waals surface area contributed by atoms with Gasteiger partial charge < -0.3 is 0 Å². The molecule has 1 heterocycles. The van der Waals surface area contributed by atoms with Crippen LogP contribution in [0.25, 0.3) is 0 Å². The monoisotopic (exact) mass is 299 g/mol. The summed E-state index contributed by atoms with van der Waals surface area (Å²) in [5.41, 5.74) is 6.42. The number of piperidine rings is 1. The average Bonchev–Trinajstić information content (AvgIpc) is 2.55. The van der Waals surface area contributed by atoms with Crippen molar-refractivity contribution in [3.63, 3.8) is 0 Å². The molecule has 2 aliphatic rings. The average molecular weight is 299 g/mol. The summed E-state index contributed by atoms with van der Waals surface area (Å²) in [4.78, 5) is 13.9. The van der Waals surface area contributed by atoms with Crippen LogP contribution < -0.4 is 5.43 Å². The first-order valence-electron chi connectivity index (χ1n) is 8.44. The first-order chi connectivity index (χ1) is 10.8. The number of nitrogens with one attached hydrogen (secondary N) is 1. The molecule has 0 unspecified atom stereocenters. The first-order valence-corrected chi connectivity index (χ1v) is 8.44. The third kappa shape index (κ3) is 4.41. The van der Waals surface area contributed by atoms with Gasteiger partial charge in [-0.05, 0) is 56.5 Å². The van der Waals surface area contributed by atoms with E-state index in [1.54, 1.807) is 0 Å². The summed E-state index contributed by atoms with van der Waals surface area (Å²) in [5.74, 6) is 0.309. The molecule has 1 aliphatic carbocycles. The smallest absolute Gasteiger partial charge is 0.138 e. The zero-order chi connectivity index (χ0) is 15.2. The largest absolute Gasteiger partial charge is 0.299 e. The molecule has 0 spiro atoms. The molecule has 1 aromatic carbocycles. The maximum Gasteiger partial charge on any atom is 0.138 e. The Morgan fingerprint density at radius 3 is 2.50 bits per heavy atom. The second kappa shape index (κ2) is 7.54. The predicted molar refractivity (Wildman–Crippen MR) is 90.1 cm³/mol. The molecule has 1 saturated carbocycles. The fourth-order valence-corrected chi connectivity index (χ4v) is 3.19. The van der Waals surface area contributed by atoms with E-state index < -0.39 is 0 Å². The molecule has 0 radical (unpaired) electrons. The normalized spacial score (nSPS) is 22.0. The zero-order valence-corrected chi connectivity index (χ0v) is 13.2. The molecule has 0 atom stereocenters. The molecule has 2 fully saturated rings. The molecule has 1 aliphatic heterocycles. The van der Waals surface area contributed by atoms with E-state index in [0.29, 0.717) is 18.6 Å². The molecule has 1 aromatic rings. The van der Waals surface area contributed by atoms with E-state index in [4.69, 9.17) is 0 Å². The summed E-state index contributed by atoms with van der Waals surface area (Å²) in [6, 6.07) is 8.49. The van der Waals surface area contributed by atoms with E-state index in [1.165, 1.54) is 37.9 Å². The standard InChI is InChI=1S/C18H25N3O/c22-18-6-4-5-17(13-18)20-19-16-9-7-15(8-10-16)14-21-11-2-1-3-12-21/h7-10,19H,1-6,11-14H2/b20-17-. The van der Waals surface area contributed by atoms with Gasteiger partial charge in [0.1, 0.15) is 5.78 Å². The maximum absolute atomic E-state index is 11.4. The topological polar surface area (TPSA) is 44.7 Å². The number of rotatable bonds is 4. The number of likely N-dealkylation sites (tertiary alicyclic amines) is 1. The molecular formula is C18H25N3O. The van der Waals surface area contributed by atoms with Gasteiger partial charge in [0.05, 0.1) is 5.69 Å². The fraction of sp³-hybridized carbons (Fsp3) is 0.556. The summed E-state index contributed by atoms with van der Waals surface area (Å²) in [5, 5.41) is 4.38. The second-order valence-corrected chi connectivity index (χ2v) is 6.39. The highest BCUT2D eigenvalue weighted by Crippen LogP contribution is 2.16. The molecule has 118 valence electrons. The van der Waals surface area contributed by atoms with Crippen molar-refractivity contribution in [3.8, 4) is 0 Å². The second-order valence-electron chi connectivity index (χ2n) is 6.39. The SMILES string of the molecule is O=C1CCC/C(=N/Nc2ccc(CN3CCCCC3)cc2)C1. The summed E-state index contributed by atoms with van der Waals surface area (Å²) >= 11 is 0. The molecule has 3 rings (SSSR count). The third-order valence-corrected chi connectivity index (χ3v) is 4.47. The van der Waals surface area contributed by atoms with E-state index in [9.17, 15) is 4.79 Å². The molecule has 0 bridgehead atoms. The van der Waals surface area contributed by atoms with Gasteiger partial charge in [-0.1, -0.05) is 18.6 Å². The van der Waals surface area contributed by atoms with Crippen LogP contribution in [0.1, 0.15) is 50.5 Å². The highest BCUT2D eigenvalue weighted by Gasteiger charge is 2.14. The van der Waals surface area contributed by atoms with E-state index >= 15 is 0 Å². The Kier molecular flexibility index (Phi) is 5.22. The van der Waals surface area contributed by atoms with Gasteiger partial charge in [-0.15, -0.1) is 0 Å². The van der Waals surface area contributed by atoms with Crippen LogP contribution in [0.15, 0.2) is 29.4 Å². The minimum absolute atomic E-state index is 0.309. The van der Waals surface area contributed by atoms with Gasteiger partial charge in [0.2, 0.25) is 0 Å². The Morgan fingerprint density at radius 2 is 1.77 bits per heavy atom. The molecule has 0 amide bonds. The number of carbonyl (C=O) groups is 1. The van der Waals surface area contributed by atoms with Gasteiger partial charge in [0.15, 0.2) is 0 Å². The van der Waals surface area contributed by atoms with Gasteiger partial charge in [-0.2, -0.15) is 5.10 Å².